The Hall–Kier alpha value is -3.69. The van der Waals surface area contributed by atoms with Crippen molar-refractivity contribution in [2.24, 2.45) is 0 Å². The summed E-state index contributed by atoms with van der Waals surface area (Å²) in [5.74, 6) is -1.04. The topological polar surface area (TPSA) is 108 Å². The van der Waals surface area contributed by atoms with E-state index in [0.717, 1.165) is 5.56 Å². The molecule has 1 aromatic carbocycles. The maximum atomic E-state index is 13.8. The lowest BCUT2D eigenvalue weighted by Crippen LogP contribution is -2.46. The predicted molar refractivity (Wildman–Crippen MR) is 121 cm³/mol. The van der Waals surface area contributed by atoms with Crippen LogP contribution >= 0.6 is 0 Å². The number of nitrogens with zero attached hydrogens (tertiary/aromatic N) is 3. The summed E-state index contributed by atoms with van der Waals surface area (Å²) >= 11 is 0. The highest BCUT2D eigenvalue weighted by molar-refractivity contribution is 5.86. The molecule has 10 heteroatoms. The van der Waals surface area contributed by atoms with E-state index >= 15 is 0 Å². The Morgan fingerprint density at radius 3 is 2.57 bits per heavy atom. The number of carbonyl (C=O) groups excluding carboxylic acids is 2. The second-order valence-electron chi connectivity index (χ2n) is 9.30. The molecular weight excluding hydrogens is 457 g/mol. The Balaban J connectivity index is 1.79. The molecule has 1 aliphatic rings. The van der Waals surface area contributed by atoms with Gasteiger partial charge >= 0.3 is 12.1 Å². The minimum Gasteiger partial charge on any atom is -0.461 e. The van der Waals surface area contributed by atoms with Gasteiger partial charge in [-0.1, -0.05) is 17.3 Å². The van der Waals surface area contributed by atoms with Crippen LogP contribution in [-0.4, -0.2) is 45.9 Å². The molecule has 0 N–H and O–H groups in total. The molecule has 1 fully saturated rings. The van der Waals surface area contributed by atoms with Crippen LogP contribution in [0.15, 0.2) is 51.7 Å². The molecule has 0 spiro atoms. The summed E-state index contributed by atoms with van der Waals surface area (Å²) in [6, 6.07) is 7.06. The Morgan fingerprint density at radius 1 is 1.20 bits per heavy atom. The van der Waals surface area contributed by atoms with Crippen molar-refractivity contribution in [1.82, 2.24) is 15.0 Å². The lowest BCUT2D eigenvalue weighted by molar-refractivity contribution is -0.00198. The van der Waals surface area contributed by atoms with Gasteiger partial charge in [-0.25, -0.2) is 19.0 Å². The fraction of sp³-hybridized carbons (Fsp3) is 0.440. The number of rotatable bonds is 5. The van der Waals surface area contributed by atoms with E-state index in [2.05, 4.69) is 10.1 Å². The van der Waals surface area contributed by atoms with Crippen LogP contribution in [0.3, 0.4) is 0 Å². The van der Waals surface area contributed by atoms with E-state index in [1.54, 1.807) is 50.8 Å². The van der Waals surface area contributed by atoms with Crippen molar-refractivity contribution >= 4 is 12.1 Å². The number of ether oxygens (including phenoxy) is 2. The number of hydrogen-bond acceptors (Lipinski definition) is 8. The van der Waals surface area contributed by atoms with Crippen LogP contribution in [0.5, 0.6) is 0 Å². The molecule has 0 bridgehead atoms. The number of piperidine rings is 1. The van der Waals surface area contributed by atoms with Crippen LogP contribution in [0.1, 0.15) is 79.7 Å². The van der Waals surface area contributed by atoms with Crippen LogP contribution in [0.2, 0.25) is 0 Å². The van der Waals surface area contributed by atoms with Gasteiger partial charge in [-0.15, -0.1) is 0 Å². The number of amides is 1. The molecule has 9 nitrogen and oxygen atoms in total. The zero-order valence-electron chi connectivity index (χ0n) is 20.1. The summed E-state index contributed by atoms with van der Waals surface area (Å²) in [7, 11) is 0. The van der Waals surface area contributed by atoms with Gasteiger partial charge in [-0.2, -0.15) is 0 Å². The molecule has 0 aliphatic carbocycles. The molecule has 0 saturated carbocycles. The number of oxazole rings is 1. The minimum absolute atomic E-state index is 0.0606. The van der Waals surface area contributed by atoms with Gasteiger partial charge in [0.2, 0.25) is 0 Å². The third-order valence-electron chi connectivity index (χ3n) is 5.75. The van der Waals surface area contributed by atoms with Crippen LogP contribution in [0.25, 0.3) is 0 Å². The van der Waals surface area contributed by atoms with E-state index in [9.17, 15) is 14.0 Å². The molecule has 186 valence electrons. The van der Waals surface area contributed by atoms with Crippen LogP contribution in [-0.2, 0) is 9.47 Å². The molecule has 3 unspecified atom stereocenters. The number of likely N-dealkylation sites (tertiary alicyclic amines) is 1. The van der Waals surface area contributed by atoms with Gasteiger partial charge in [-0.05, 0) is 51.8 Å². The monoisotopic (exact) mass is 485 g/mol. The summed E-state index contributed by atoms with van der Waals surface area (Å²) in [5.41, 5.74) is 0.0926. The van der Waals surface area contributed by atoms with Crippen molar-refractivity contribution < 1.29 is 32.4 Å². The molecule has 3 atom stereocenters. The third-order valence-corrected chi connectivity index (χ3v) is 5.75. The maximum Gasteiger partial charge on any atom is 0.410 e. The van der Waals surface area contributed by atoms with Crippen molar-refractivity contribution in [3.8, 4) is 0 Å². The number of esters is 1. The SMILES string of the molecule is CCOC(=O)c1coc(C2CCN(C(=O)OC(C)(C)C)C(c3ccno3)C2c2ccc(F)cc2)n1. The molecular formula is C25H28FN3O6. The summed E-state index contributed by atoms with van der Waals surface area (Å²) in [6.45, 7) is 7.60. The molecule has 1 saturated heterocycles. The zero-order chi connectivity index (χ0) is 25.2. The zero-order valence-corrected chi connectivity index (χ0v) is 20.1. The number of halogens is 1. The molecule has 0 radical (unpaired) electrons. The van der Waals surface area contributed by atoms with Crippen LogP contribution < -0.4 is 0 Å². The predicted octanol–water partition coefficient (Wildman–Crippen LogP) is 5.23. The minimum atomic E-state index is -0.706. The molecule has 1 amide bonds. The van der Waals surface area contributed by atoms with Gasteiger partial charge in [0.05, 0.1) is 12.8 Å². The van der Waals surface area contributed by atoms with Gasteiger partial charge in [-0.3, -0.25) is 4.90 Å². The summed E-state index contributed by atoms with van der Waals surface area (Å²) in [5, 5.41) is 3.84. The lowest BCUT2D eigenvalue weighted by Gasteiger charge is -2.43. The van der Waals surface area contributed by atoms with E-state index in [0.29, 0.717) is 24.6 Å². The molecule has 3 heterocycles. The highest BCUT2D eigenvalue weighted by Gasteiger charge is 2.47. The maximum absolute atomic E-state index is 13.8. The number of hydrogen-bond donors (Lipinski definition) is 0. The quantitative estimate of drug-likeness (QED) is 0.452. The van der Waals surface area contributed by atoms with Crippen LogP contribution in [0.4, 0.5) is 9.18 Å². The summed E-state index contributed by atoms with van der Waals surface area (Å²) in [4.78, 5) is 31.4. The number of aromatic nitrogens is 2. The standard InChI is InChI=1S/C25H28FN3O6/c1-5-32-23(30)18-14-33-22(28-18)17-11-13-29(24(31)34-25(2,3)4)21(19-10-12-27-35-19)20(17)15-6-8-16(26)9-7-15/h6-10,12,14,17,20-21H,5,11,13H2,1-4H3. The normalized spacial score (nSPS) is 20.5. The van der Waals surface area contributed by atoms with Crippen molar-refractivity contribution in [3.63, 3.8) is 0 Å². The molecule has 3 aromatic rings. The fourth-order valence-electron chi connectivity index (χ4n) is 4.38. The second kappa shape index (κ2) is 9.89. The first-order chi connectivity index (χ1) is 16.7. The van der Waals surface area contributed by atoms with E-state index in [-0.39, 0.29) is 24.0 Å². The second-order valence-corrected chi connectivity index (χ2v) is 9.30. The molecule has 2 aromatic heterocycles. The van der Waals surface area contributed by atoms with E-state index in [4.69, 9.17) is 18.4 Å². The first-order valence-electron chi connectivity index (χ1n) is 11.5. The summed E-state index contributed by atoms with van der Waals surface area (Å²) in [6.07, 6.45) is 2.70. The fourth-order valence-corrected chi connectivity index (χ4v) is 4.38. The highest BCUT2D eigenvalue weighted by atomic mass is 19.1. The first-order valence-corrected chi connectivity index (χ1v) is 11.5. The first kappa shape index (κ1) is 24.4. The average molecular weight is 486 g/mol. The average Bonchev–Trinajstić information content (AvgIpc) is 3.50. The molecule has 1 aliphatic heterocycles. The highest BCUT2D eigenvalue weighted by Crippen LogP contribution is 2.50. The van der Waals surface area contributed by atoms with Gasteiger partial charge in [0.15, 0.2) is 17.3 Å². The van der Waals surface area contributed by atoms with Gasteiger partial charge < -0.3 is 18.4 Å². The van der Waals surface area contributed by atoms with Crippen molar-refractivity contribution in [2.75, 3.05) is 13.2 Å². The Bertz CT molecular complexity index is 1150. The molecule has 4 rings (SSSR count). The number of carbonyl (C=O) groups is 2. The van der Waals surface area contributed by atoms with Gasteiger partial charge in [0.25, 0.3) is 0 Å². The third kappa shape index (κ3) is 5.36. The largest absolute Gasteiger partial charge is 0.461 e. The van der Waals surface area contributed by atoms with Gasteiger partial charge in [0.1, 0.15) is 23.7 Å². The Kier molecular flexibility index (Phi) is 6.90. The molecule has 35 heavy (non-hydrogen) atoms. The van der Waals surface area contributed by atoms with Crippen molar-refractivity contribution in [2.45, 2.75) is 57.6 Å². The van der Waals surface area contributed by atoms with Crippen molar-refractivity contribution in [1.29, 1.82) is 0 Å². The lowest BCUT2D eigenvalue weighted by atomic mass is 9.74. The van der Waals surface area contributed by atoms with Crippen LogP contribution in [0, 0.1) is 5.82 Å². The summed E-state index contributed by atoms with van der Waals surface area (Å²) < 4.78 is 35.8. The Morgan fingerprint density at radius 2 is 1.94 bits per heavy atom. The van der Waals surface area contributed by atoms with E-state index in [1.165, 1.54) is 24.6 Å². The Labute approximate surface area is 202 Å². The van der Waals surface area contributed by atoms with Gasteiger partial charge in [0, 0.05) is 24.4 Å². The number of benzene rings is 1. The van der Waals surface area contributed by atoms with E-state index in [1.807, 2.05) is 0 Å². The van der Waals surface area contributed by atoms with E-state index < -0.39 is 29.6 Å². The van der Waals surface area contributed by atoms with Crippen molar-refractivity contribution in [3.05, 3.63) is 71.5 Å². The smallest absolute Gasteiger partial charge is 0.410 e.